The van der Waals surface area contributed by atoms with Gasteiger partial charge >= 0.3 is 0 Å². The zero-order chi connectivity index (χ0) is 18.8. The van der Waals surface area contributed by atoms with Crippen LogP contribution in [0.3, 0.4) is 0 Å². The summed E-state index contributed by atoms with van der Waals surface area (Å²) in [4.78, 5) is 13.8. The van der Waals surface area contributed by atoms with E-state index in [-0.39, 0.29) is 18.9 Å². The highest BCUT2D eigenvalue weighted by atomic mass is 35.5. The number of amides is 1. The third kappa shape index (κ3) is 6.40. The molecule has 1 amide bonds. The van der Waals surface area contributed by atoms with Crippen molar-refractivity contribution in [1.29, 1.82) is 5.26 Å². The van der Waals surface area contributed by atoms with E-state index in [0.29, 0.717) is 29.7 Å². The van der Waals surface area contributed by atoms with Crippen LogP contribution in [-0.2, 0) is 11.3 Å². The van der Waals surface area contributed by atoms with Crippen molar-refractivity contribution >= 4 is 17.5 Å². The van der Waals surface area contributed by atoms with Gasteiger partial charge in [0.25, 0.3) is 0 Å². The lowest BCUT2D eigenvalue weighted by Gasteiger charge is -2.26. The van der Waals surface area contributed by atoms with Crippen molar-refractivity contribution in [3.63, 3.8) is 0 Å². The Morgan fingerprint density at radius 3 is 2.77 bits per heavy atom. The van der Waals surface area contributed by atoms with Gasteiger partial charge in [-0.3, -0.25) is 9.69 Å². The van der Waals surface area contributed by atoms with Crippen LogP contribution in [0.25, 0.3) is 0 Å². The second-order valence-electron chi connectivity index (χ2n) is 6.20. The largest absolute Gasteiger partial charge is 0.490 e. The minimum atomic E-state index is -0.316. The molecule has 1 fully saturated rings. The summed E-state index contributed by atoms with van der Waals surface area (Å²) in [5.41, 5.74) is 0.799. The van der Waals surface area contributed by atoms with Crippen molar-refractivity contribution in [2.45, 2.75) is 39.2 Å². The fraction of sp³-hybridized carbons (Fsp3) is 0.579. The molecule has 2 rings (SSSR count). The van der Waals surface area contributed by atoms with Gasteiger partial charge in [-0.15, -0.1) is 0 Å². The average molecular weight is 380 g/mol. The number of nitriles is 1. The summed E-state index contributed by atoms with van der Waals surface area (Å²) >= 11 is 6.38. The predicted molar refractivity (Wildman–Crippen MR) is 100 cm³/mol. The SMILES string of the molecule is CCOc1cc(CNC(=O)CC#N)cc(Cl)c1OCCN1CCCCC1. The number of halogens is 1. The van der Waals surface area contributed by atoms with Gasteiger partial charge in [-0.1, -0.05) is 18.0 Å². The van der Waals surface area contributed by atoms with Crippen molar-refractivity contribution < 1.29 is 14.3 Å². The van der Waals surface area contributed by atoms with E-state index in [1.165, 1.54) is 19.3 Å². The molecule has 0 saturated carbocycles. The summed E-state index contributed by atoms with van der Waals surface area (Å²) in [5.74, 6) is 0.796. The van der Waals surface area contributed by atoms with Crippen LogP contribution in [0.1, 0.15) is 38.2 Å². The van der Waals surface area contributed by atoms with Gasteiger partial charge in [0.2, 0.25) is 5.91 Å². The Hall–Kier alpha value is -1.97. The van der Waals surface area contributed by atoms with Crippen LogP contribution in [0.5, 0.6) is 11.5 Å². The monoisotopic (exact) mass is 379 g/mol. The highest BCUT2D eigenvalue weighted by molar-refractivity contribution is 6.32. The second kappa shape index (κ2) is 10.9. The summed E-state index contributed by atoms with van der Waals surface area (Å²) in [7, 11) is 0. The van der Waals surface area contributed by atoms with E-state index in [1.807, 2.05) is 19.1 Å². The van der Waals surface area contributed by atoms with E-state index in [4.69, 9.17) is 26.3 Å². The quantitative estimate of drug-likeness (QED) is 0.713. The molecule has 0 aliphatic carbocycles. The molecule has 0 unspecified atom stereocenters. The summed E-state index contributed by atoms with van der Waals surface area (Å²) in [6.07, 6.45) is 3.64. The smallest absolute Gasteiger partial charge is 0.234 e. The molecule has 0 spiro atoms. The molecule has 1 heterocycles. The van der Waals surface area contributed by atoms with Crippen LogP contribution in [0.4, 0.5) is 0 Å². The Morgan fingerprint density at radius 2 is 2.08 bits per heavy atom. The molecule has 0 bridgehead atoms. The van der Waals surface area contributed by atoms with Crippen LogP contribution < -0.4 is 14.8 Å². The summed E-state index contributed by atoms with van der Waals surface area (Å²) in [5, 5.41) is 11.7. The van der Waals surface area contributed by atoms with Gasteiger partial charge < -0.3 is 14.8 Å². The Balaban J connectivity index is 1.98. The molecule has 1 aliphatic heterocycles. The number of hydrogen-bond acceptors (Lipinski definition) is 5. The minimum absolute atomic E-state index is 0.163. The lowest BCUT2D eigenvalue weighted by molar-refractivity contribution is -0.120. The van der Waals surface area contributed by atoms with E-state index in [1.54, 1.807) is 6.07 Å². The van der Waals surface area contributed by atoms with E-state index in [9.17, 15) is 4.79 Å². The Bertz CT molecular complexity index is 640. The summed E-state index contributed by atoms with van der Waals surface area (Å²) < 4.78 is 11.6. The fourth-order valence-corrected chi connectivity index (χ4v) is 3.21. The standard InChI is InChI=1S/C19H26ClN3O3/c1-2-25-17-13-15(14-22-18(24)6-7-21)12-16(20)19(17)26-11-10-23-8-4-3-5-9-23/h12-13H,2-6,8-11,14H2,1H3,(H,22,24). The van der Waals surface area contributed by atoms with Crippen molar-refractivity contribution in [1.82, 2.24) is 10.2 Å². The van der Waals surface area contributed by atoms with E-state index in [0.717, 1.165) is 25.2 Å². The molecule has 0 aromatic heterocycles. The predicted octanol–water partition coefficient (Wildman–Crippen LogP) is 3.13. The molecular weight excluding hydrogens is 354 g/mol. The van der Waals surface area contributed by atoms with Crippen LogP contribution in [0.2, 0.25) is 5.02 Å². The molecule has 1 N–H and O–H groups in total. The number of benzene rings is 1. The zero-order valence-electron chi connectivity index (χ0n) is 15.2. The van der Waals surface area contributed by atoms with Crippen molar-refractivity contribution in [2.24, 2.45) is 0 Å². The first-order valence-electron chi connectivity index (χ1n) is 9.08. The third-order valence-electron chi connectivity index (χ3n) is 4.20. The summed E-state index contributed by atoms with van der Waals surface area (Å²) in [6.45, 7) is 6.34. The molecule has 1 saturated heterocycles. The Kier molecular flexibility index (Phi) is 8.52. The topological polar surface area (TPSA) is 74.6 Å². The molecule has 6 nitrogen and oxygen atoms in total. The molecule has 1 aromatic carbocycles. The van der Waals surface area contributed by atoms with Crippen molar-refractivity contribution in [3.8, 4) is 17.6 Å². The average Bonchev–Trinajstić information content (AvgIpc) is 2.63. The molecule has 1 aliphatic rings. The Labute approximate surface area is 160 Å². The molecular formula is C19H26ClN3O3. The molecule has 0 radical (unpaired) electrons. The number of ether oxygens (including phenoxy) is 2. The second-order valence-corrected chi connectivity index (χ2v) is 6.61. The van der Waals surface area contributed by atoms with Gasteiger partial charge in [0, 0.05) is 13.1 Å². The minimum Gasteiger partial charge on any atom is -0.490 e. The first-order chi connectivity index (χ1) is 12.6. The maximum absolute atomic E-state index is 11.4. The number of carbonyl (C=O) groups excluding carboxylic acids is 1. The number of hydrogen-bond donors (Lipinski definition) is 1. The number of nitrogens with one attached hydrogen (secondary N) is 1. The number of carbonyl (C=O) groups is 1. The van der Waals surface area contributed by atoms with Gasteiger partial charge in [-0.2, -0.15) is 5.26 Å². The first kappa shape index (κ1) is 20.3. The van der Waals surface area contributed by atoms with Gasteiger partial charge in [-0.05, 0) is 50.6 Å². The number of rotatable bonds is 9. The highest BCUT2D eigenvalue weighted by Crippen LogP contribution is 2.36. The molecule has 0 atom stereocenters. The number of nitrogens with zero attached hydrogens (tertiary/aromatic N) is 2. The summed E-state index contributed by atoms with van der Waals surface area (Å²) in [6, 6.07) is 5.39. The number of piperidine rings is 1. The molecule has 1 aromatic rings. The van der Waals surface area contributed by atoms with E-state index in [2.05, 4.69) is 10.2 Å². The maximum Gasteiger partial charge on any atom is 0.234 e. The molecule has 142 valence electrons. The zero-order valence-corrected chi connectivity index (χ0v) is 16.0. The van der Waals surface area contributed by atoms with Crippen molar-refractivity contribution in [2.75, 3.05) is 32.8 Å². The first-order valence-corrected chi connectivity index (χ1v) is 9.45. The van der Waals surface area contributed by atoms with Gasteiger partial charge in [0.1, 0.15) is 13.0 Å². The molecule has 26 heavy (non-hydrogen) atoms. The maximum atomic E-state index is 11.4. The fourth-order valence-electron chi connectivity index (χ4n) is 2.92. The van der Waals surface area contributed by atoms with Gasteiger partial charge in [0.15, 0.2) is 11.5 Å². The Morgan fingerprint density at radius 1 is 1.31 bits per heavy atom. The van der Waals surface area contributed by atoms with E-state index >= 15 is 0 Å². The normalized spacial score (nSPS) is 14.5. The lowest BCUT2D eigenvalue weighted by Crippen LogP contribution is -2.33. The van der Waals surface area contributed by atoms with Crippen LogP contribution in [0, 0.1) is 11.3 Å². The molecule has 7 heteroatoms. The number of likely N-dealkylation sites (tertiary alicyclic amines) is 1. The van der Waals surface area contributed by atoms with Crippen LogP contribution >= 0.6 is 11.6 Å². The lowest BCUT2D eigenvalue weighted by atomic mass is 10.1. The third-order valence-corrected chi connectivity index (χ3v) is 4.48. The van der Waals surface area contributed by atoms with Crippen molar-refractivity contribution in [3.05, 3.63) is 22.7 Å². The van der Waals surface area contributed by atoms with Gasteiger partial charge in [-0.25, -0.2) is 0 Å². The van der Waals surface area contributed by atoms with Crippen LogP contribution in [-0.4, -0.2) is 43.7 Å². The van der Waals surface area contributed by atoms with Gasteiger partial charge in [0.05, 0.1) is 17.7 Å². The van der Waals surface area contributed by atoms with E-state index < -0.39 is 0 Å². The van der Waals surface area contributed by atoms with Crippen LogP contribution in [0.15, 0.2) is 12.1 Å². The highest BCUT2D eigenvalue weighted by Gasteiger charge is 2.15.